The van der Waals surface area contributed by atoms with Crippen LogP contribution < -0.4 is 5.73 Å². The van der Waals surface area contributed by atoms with Crippen LogP contribution in [0.2, 0.25) is 0 Å². The number of aromatic nitrogens is 4. The van der Waals surface area contributed by atoms with E-state index in [1.165, 1.54) is 12.1 Å². The SMILES string of the molecule is NC(=O)c1ccc(-c2nn[nH]n2)cc1F. The van der Waals surface area contributed by atoms with Gasteiger partial charge in [-0.1, -0.05) is 6.07 Å². The molecule has 0 bridgehead atoms. The Kier molecular flexibility index (Phi) is 2.13. The molecule has 0 unspecified atom stereocenters. The Bertz CT molecular complexity index is 496. The Morgan fingerprint density at radius 2 is 2.27 bits per heavy atom. The lowest BCUT2D eigenvalue weighted by atomic mass is 10.1. The highest BCUT2D eigenvalue weighted by Crippen LogP contribution is 2.17. The third-order valence-electron chi connectivity index (χ3n) is 1.84. The van der Waals surface area contributed by atoms with Gasteiger partial charge >= 0.3 is 0 Å². The summed E-state index contributed by atoms with van der Waals surface area (Å²) in [5.74, 6) is -1.26. The highest BCUT2D eigenvalue weighted by atomic mass is 19.1. The first kappa shape index (κ1) is 9.25. The predicted molar refractivity (Wildman–Crippen MR) is 48.1 cm³/mol. The number of nitrogens with one attached hydrogen (secondary N) is 1. The van der Waals surface area contributed by atoms with E-state index >= 15 is 0 Å². The molecule has 0 saturated heterocycles. The van der Waals surface area contributed by atoms with Crippen molar-refractivity contribution in [2.24, 2.45) is 5.73 Å². The zero-order chi connectivity index (χ0) is 10.8. The van der Waals surface area contributed by atoms with E-state index in [0.717, 1.165) is 6.07 Å². The van der Waals surface area contributed by atoms with Crippen LogP contribution in [0.15, 0.2) is 18.2 Å². The lowest BCUT2D eigenvalue weighted by Gasteiger charge is -1.99. The number of carbonyl (C=O) groups is 1. The predicted octanol–water partition coefficient (Wildman–Crippen LogP) is 0.105. The van der Waals surface area contributed by atoms with E-state index in [-0.39, 0.29) is 11.4 Å². The molecule has 3 N–H and O–H groups in total. The van der Waals surface area contributed by atoms with E-state index in [1.807, 2.05) is 0 Å². The van der Waals surface area contributed by atoms with E-state index in [2.05, 4.69) is 20.6 Å². The lowest BCUT2D eigenvalue weighted by molar-refractivity contribution is 0.0996. The number of nitrogens with two attached hydrogens (primary N) is 1. The number of hydrogen-bond donors (Lipinski definition) is 2. The smallest absolute Gasteiger partial charge is 0.251 e. The van der Waals surface area contributed by atoms with E-state index in [4.69, 9.17) is 5.73 Å². The van der Waals surface area contributed by atoms with Crippen LogP contribution >= 0.6 is 0 Å². The summed E-state index contributed by atoms with van der Waals surface area (Å²) >= 11 is 0. The maximum atomic E-state index is 13.3. The van der Waals surface area contributed by atoms with Crippen molar-refractivity contribution in [1.29, 1.82) is 0 Å². The standard InChI is InChI=1S/C8H6FN5O/c9-6-3-4(8-11-13-14-12-8)1-2-5(6)7(10)15/h1-3H,(H2,10,15)(H,11,12,13,14). The summed E-state index contributed by atoms with van der Waals surface area (Å²) in [6.45, 7) is 0. The van der Waals surface area contributed by atoms with Crippen molar-refractivity contribution in [3.05, 3.63) is 29.6 Å². The van der Waals surface area contributed by atoms with Gasteiger partial charge in [0.2, 0.25) is 5.82 Å². The number of tetrazole rings is 1. The van der Waals surface area contributed by atoms with Crippen molar-refractivity contribution < 1.29 is 9.18 Å². The summed E-state index contributed by atoms with van der Waals surface area (Å²) in [7, 11) is 0. The van der Waals surface area contributed by atoms with Crippen LogP contribution in [-0.2, 0) is 0 Å². The fourth-order valence-corrected chi connectivity index (χ4v) is 1.14. The molecule has 0 aliphatic heterocycles. The first-order valence-corrected chi connectivity index (χ1v) is 4.01. The number of amides is 1. The van der Waals surface area contributed by atoms with Crippen LogP contribution in [0.3, 0.4) is 0 Å². The van der Waals surface area contributed by atoms with Gasteiger partial charge in [-0.2, -0.15) is 5.21 Å². The molecule has 2 rings (SSSR count). The van der Waals surface area contributed by atoms with Gasteiger partial charge in [-0.15, -0.1) is 10.2 Å². The normalized spacial score (nSPS) is 10.2. The first-order chi connectivity index (χ1) is 7.18. The van der Waals surface area contributed by atoms with Gasteiger partial charge in [-0.25, -0.2) is 4.39 Å². The Morgan fingerprint density at radius 1 is 1.47 bits per heavy atom. The van der Waals surface area contributed by atoms with E-state index < -0.39 is 11.7 Å². The van der Waals surface area contributed by atoms with Crippen molar-refractivity contribution in [3.63, 3.8) is 0 Å². The van der Waals surface area contributed by atoms with Crippen molar-refractivity contribution in [2.45, 2.75) is 0 Å². The zero-order valence-electron chi connectivity index (χ0n) is 7.44. The summed E-state index contributed by atoms with van der Waals surface area (Å²) in [5, 5.41) is 12.9. The number of aromatic amines is 1. The second-order valence-corrected chi connectivity index (χ2v) is 2.79. The number of primary amides is 1. The molecule has 6 nitrogen and oxygen atoms in total. The minimum Gasteiger partial charge on any atom is -0.366 e. The minimum absolute atomic E-state index is 0.165. The van der Waals surface area contributed by atoms with Crippen molar-refractivity contribution in [3.8, 4) is 11.4 Å². The molecular weight excluding hydrogens is 201 g/mol. The van der Waals surface area contributed by atoms with E-state index in [0.29, 0.717) is 5.56 Å². The number of hydrogen-bond acceptors (Lipinski definition) is 4. The number of nitrogens with zero attached hydrogens (tertiary/aromatic N) is 3. The molecule has 0 radical (unpaired) electrons. The molecule has 15 heavy (non-hydrogen) atoms. The summed E-state index contributed by atoms with van der Waals surface area (Å²) in [6.07, 6.45) is 0. The molecule has 0 aliphatic carbocycles. The molecule has 0 spiro atoms. The van der Waals surface area contributed by atoms with Gasteiger partial charge in [-0.05, 0) is 17.3 Å². The fourth-order valence-electron chi connectivity index (χ4n) is 1.14. The van der Waals surface area contributed by atoms with Gasteiger partial charge in [-0.3, -0.25) is 4.79 Å². The molecule has 1 amide bonds. The Balaban J connectivity index is 2.47. The van der Waals surface area contributed by atoms with Crippen molar-refractivity contribution in [2.75, 3.05) is 0 Å². The molecule has 0 fully saturated rings. The summed E-state index contributed by atoms with van der Waals surface area (Å²) in [4.78, 5) is 10.8. The topological polar surface area (TPSA) is 97.5 Å². The minimum atomic E-state index is -0.813. The number of carbonyl (C=O) groups excluding carboxylic acids is 1. The van der Waals surface area contributed by atoms with Gasteiger partial charge in [0.25, 0.3) is 5.91 Å². The zero-order valence-corrected chi connectivity index (χ0v) is 7.44. The Hall–Kier alpha value is -2.31. The monoisotopic (exact) mass is 207 g/mol. The van der Waals surface area contributed by atoms with E-state index in [9.17, 15) is 9.18 Å². The van der Waals surface area contributed by atoms with Crippen LogP contribution in [0.5, 0.6) is 0 Å². The number of halogens is 1. The van der Waals surface area contributed by atoms with Crippen LogP contribution in [0.1, 0.15) is 10.4 Å². The maximum absolute atomic E-state index is 13.3. The molecular formula is C8H6FN5O. The second kappa shape index (κ2) is 3.45. The van der Waals surface area contributed by atoms with Gasteiger partial charge in [0.1, 0.15) is 5.82 Å². The molecule has 1 aromatic heterocycles. The molecule has 7 heteroatoms. The first-order valence-electron chi connectivity index (χ1n) is 4.01. The van der Waals surface area contributed by atoms with Crippen LogP contribution in [0, 0.1) is 5.82 Å². The van der Waals surface area contributed by atoms with Crippen molar-refractivity contribution >= 4 is 5.91 Å². The average Bonchev–Trinajstić information content (AvgIpc) is 2.69. The second-order valence-electron chi connectivity index (χ2n) is 2.79. The highest BCUT2D eigenvalue weighted by Gasteiger charge is 2.11. The molecule has 76 valence electrons. The largest absolute Gasteiger partial charge is 0.366 e. The van der Waals surface area contributed by atoms with Gasteiger partial charge in [0.15, 0.2) is 0 Å². The van der Waals surface area contributed by atoms with E-state index in [1.54, 1.807) is 0 Å². The molecule has 2 aromatic rings. The molecule has 0 atom stereocenters. The van der Waals surface area contributed by atoms with Crippen LogP contribution in [0.4, 0.5) is 4.39 Å². The lowest BCUT2D eigenvalue weighted by Crippen LogP contribution is -2.12. The molecule has 1 heterocycles. The Morgan fingerprint density at radius 3 is 2.80 bits per heavy atom. The van der Waals surface area contributed by atoms with Gasteiger partial charge in [0, 0.05) is 5.56 Å². The van der Waals surface area contributed by atoms with Crippen LogP contribution in [-0.4, -0.2) is 26.5 Å². The number of benzene rings is 1. The quantitative estimate of drug-likeness (QED) is 0.729. The molecule has 1 aromatic carbocycles. The summed E-state index contributed by atoms with van der Waals surface area (Å²) in [5.41, 5.74) is 5.21. The molecule has 0 saturated carbocycles. The third-order valence-corrected chi connectivity index (χ3v) is 1.84. The van der Waals surface area contributed by atoms with Crippen molar-refractivity contribution in [1.82, 2.24) is 20.6 Å². The maximum Gasteiger partial charge on any atom is 0.251 e. The summed E-state index contributed by atoms with van der Waals surface area (Å²) < 4.78 is 13.3. The van der Waals surface area contributed by atoms with Crippen LogP contribution in [0.25, 0.3) is 11.4 Å². The number of rotatable bonds is 2. The third kappa shape index (κ3) is 1.66. The molecule has 0 aliphatic rings. The average molecular weight is 207 g/mol. The Labute approximate surface area is 83.3 Å². The van der Waals surface area contributed by atoms with Gasteiger partial charge in [0.05, 0.1) is 5.56 Å². The van der Waals surface area contributed by atoms with Gasteiger partial charge < -0.3 is 5.73 Å². The summed E-state index contributed by atoms with van der Waals surface area (Å²) in [6, 6.07) is 3.91. The fraction of sp³-hybridized carbons (Fsp3) is 0. The highest BCUT2D eigenvalue weighted by molar-refractivity contribution is 5.93. The number of H-pyrrole nitrogens is 1.